The zero-order valence-corrected chi connectivity index (χ0v) is 17.0. The molecule has 3 aromatic carbocycles. The van der Waals surface area contributed by atoms with Crippen molar-refractivity contribution in [2.24, 2.45) is 5.92 Å². The lowest BCUT2D eigenvalue weighted by Gasteiger charge is -2.31. The number of carbonyl (C=O) groups excluding carboxylic acids is 1. The van der Waals surface area contributed by atoms with Gasteiger partial charge in [0.2, 0.25) is 5.91 Å². The van der Waals surface area contributed by atoms with E-state index < -0.39 is 0 Å². The van der Waals surface area contributed by atoms with Crippen LogP contribution in [0.15, 0.2) is 78.9 Å². The molecule has 0 aliphatic carbocycles. The van der Waals surface area contributed by atoms with Crippen LogP contribution in [0.3, 0.4) is 0 Å². The highest BCUT2D eigenvalue weighted by molar-refractivity contribution is 5.96. The molecule has 0 bridgehead atoms. The molecule has 1 fully saturated rings. The van der Waals surface area contributed by atoms with Crippen LogP contribution in [0.5, 0.6) is 0 Å². The highest BCUT2D eigenvalue weighted by atomic mass is 16.1. The van der Waals surface area contributed by atoms with E-state index in [4.69, 9.17) is 0 Å². The number of amides is 1. The van der Waals surface area contributed by atoms with E-state index in [0.717, 1.165) is 49.3 Å². The van der Waals surface area contributed by atoms with E-state index in [1.807, 2.05) is 36.4 Å². The Bertz CT molecular complexity index is 942. The topological polar surface area (TPSA) is 32.3 Å². The molecule has 29 heavy (non-hydrogen) atoms. The van der Waals surface area contributed by atoms with Crippen LogP contribution in [0, 0.1) is 12.8 Å². The lowest BCUT2D eigenvalue weighted by Crippen LogP contribution is -2.37. The van der Waals surface area contributed by atoms with Gasteiger partial charge in [-0.3, -0.25) is 9.69 Å². The number of hydrogen-bond donors (Lipinski definition) is 1. The molecule has 4 rings (SSSR count). The average molecular weight is 385 g/mol. The standard InChI is InChI=1S/C26H28N2O/c1-20-11-13-21(14-12-20)19-28-17-15-23(16-18-28)26(29)27-25-10-6-5-9-24(25)22-7-3-2-4-8-22/h2-14,23H,15-19H2,1H3,(H,27,29). The monoisotopic (exact) mass is 384 g/mol. The molecule has 1 aliphatic heterocycles. The first-order valence-electron chi connectivity index (χ1n) is 10.4. The fourth-order valence-corrected chi connectivity index (χ4v) is 4.00. The summed E-state index contributed by atoms with van der Waals surface area (Å²) >= 11 is 0. The van der Waals surface area contributed by atoms with Crippen LogP contribution < -0.4 is 5.32 Å². The van der Waals surface area contributed by atoms with Crippen molar-refractivity contribution in [3.05, 3.63) is 90.0 Å². The number of carbonyl (C=O) groups is 1. The van der Waals surface area contributed by atoms with Gasteiger partial charge in [-0.15, -0.1) is 0 Å². The van der Waals surface area contributed by atoms with Gasteiger partial charge in [0.25, 0.3) is 0 Å². The lowest BCUT2D eigenvalue weighted by molar-refractivity contribution is -0.121. The normalized spacial score (nSPS) is 15.2. The first-order valence-corrected chi connectivity index (χ1v) is 10.4. The van der Waals surface area contributed by atoms with Gasteiger partial charge in [0.15, 0.2) is 0 Å². The number of para-hydroxylation sites is 1. The molecule has 0 aromatic heterocycles. The fourth-order valence-electron chi connectivity index (χ4n) is 4.00. The van der Waals surface area contributed by atoms with Crippen molar-refractivity contribution in [3.8, 4) is 11.1 Å². The van der Waals surface area contributed by atoms with Crippen LogP contribution in [0.1, 0.15) is 24.0 Å². The quantitative estimate of drug-likeness (QED) is 0.629. The van der Waals surface area contributed by atoms with Gasteiger partial charge in [0.1, 0.15) is 0 Å². The number of nitrogens with one attached hydrogen (secondary N) is 1. The number of aryl methyl sites for hydroxylation is 1. The Hall–Kier alpha value is -2.91. The van der Waals surface area contributed by atoms with Gasteiger partial charge >= 0.3 is 0 Å². The third-order valence-electron chi connectivity index (χ3n) is 5.75. The van der Waals surface area contributed by atoms with E-state index in [2.05, 4.69) is 59.6 Å². The molecule has 0 saturated carbocycles. The zero-order valence-electron chi connectivity index (χ0n) is 17.0. The van der Waals surface area contributed by atoms with Crippen LogP contribution >= 0.6 is 0 Å². The first-order chi connectivity index (χ1) is 14.2. The molecule has 1 amide bonds. The lowest BCUT2D eigenvalue weighted by atomic mass is 9.95. The van der Waals surface area contributed by atoms with E-state index in [-0.39, 0.29) is 11.8 Å². The third-order valence-corrected chi connectivity index (χ3v) is 5.75. The minimum Gasteiger partial charge on any atom is -0.325 e. The zero-order chi connectivity index (χ0) is 20.1. The highest BCUT2D eigenvalue weighted by Gasteiger charge is 2.25. The highest BCUT2D eigenvalue weighted by Crippen LogP contribution is 2.29. The Morgan fingerprint density at radius 1 is 0.897 bits per heavy atom. The molecule has 0 unspecified atom stereocenters. The van der Waals surface area contributed by atoms with Gasteiger partial charge < -0.3 is 5.32 Å². The molecule has 0 atom stereocenters. The molecule has 0 radical (unpaired) electrons. The first kappa shape index (κ1) is 19.4. The molecular weight excluding hydrogens is 356 g/mol. The van der Waals surface area contributed by atoms with Crippen molar-refractivity contribution in [3.63, 3.8) is 0 Å². The molecular formula is C26H28N2O. The summed E-state index contributed by atoms with van der Waals surface area (Å²) in [6, 6.07) is 27.0. The second-order valence-corrected chi connectivity index (χ2v) is 7.94. The number of anilines is 1. The summed E-state index contributed by atoms with van der Waals surface area (Å²) in [5.74, 6) is 0.219. The summed E-state index contributed by atoms with van der Waals surface area (Å²) in [6.07, 6.45) is 1.82. The number of likely N-dealkylation sites (tertiary alicyclic amines) is 1. The number of benzene rings is 3. The minimum absolute atomic E-state index is 0.0769. The third kappa shape index (κ3) is 4.93. The molecule has 1 heterocycles. The van der Waals surface area contributed by atoms with Crippen molar-refractivity contribution < 1.29 is 4.79 Å². The molecule has 3 aromatic rings. The van der Waals surface area contributed by atoms with Gasteiger partial charge in [-0.25, -0.2) is 0 Å². The van der Waals surface area contributed by atoms with E-state index in [1.54, 1.807) is 0 Å². The Balaban J connectivity index is 1.35. The smallest absolute Gasteiger partial charge is 0.227 e. The summed E-state index contributed by atoms with van der Waals surface area (Å²) in [5, 5.41) is 3.19. The Morgan fingerprint density at radius 3 is 2.28 bits per heavy atom. The Kier molecular flexibility index (Phi) is 6.06. The second kappa shape index (κ2) is 9.06. The summed E-state index contributed by atoms with van der Waals surface area (Å²) < 4.78 is 0. The van der Waals surface area contributed by atoms with Gasteiger partial charge in [0, 0.05) is 23.7 Å². The largest absolute Gasteiger partial charge is 0.325 e. The van der Waals surface area contributed by atoms with Crippen molar-refractivity contribution in [1.29, 1.82) is 0 Å². The summed E-state index contributed by atoms with van der Waals surface area (Å²) in [5.41, 5.74) is 5.72. The van der Waals surface area contributed by atoms with Crippen molar-refractivity contribution in [2.45, 2.75) is 26.3 Å². The van der Waals surface area contributed by atoms with Crippen LogP contribution in [-0.2, 0) is 11.3 Å². The van der Waals surface area contributed by atoms with Crippen molar-refractivity contribution in [1.82, 2.24) is 4.90 Å². The fraction of sp³-hybridized carbons (Fsp3) is 0.269. The van der Waals surface area contributed by atoms with E-state index in [1.165, 1.54) is 11.1 Å². The van der Waals surface area contributed by atoms with E-state index >= 15 is 0 Å². The van der Waals surface area contributed by atoms with Crippen LogP contribution in [0.4, 0.5) is 5.69 Å². The van der Waals surface area contributed by atoms with Crippen molar-refractivity contribution in [2.75, 3.05) is 18.4 Å². The van der Waals surface area contributed by atoms with Crippen LogP contribution in [0.2, 0.25) is 0 Å². The molecule has 148 valence electrons. The summed E-state index contributed by atoms with van der Waals surface area (Å²) in [6.45, 7) is 5.01. The summed E-state index contributed by atoms with van der Waals surface area (Å²) in [4.78, 5) is 15.4. The summed E-state index contributed by atoms with van der Waals surface area (Å²) in [7, 11) is 0. The van der Waals surface area contributed by atoms with Gasteiger partial charge in [-0.2, -0.15) is 0 Å². The number of piperidine rings is 1. The average Bonchev–Trinajstić information content (AvgIpc) is 2.77. The molecule has 3 nitrogen and oxygen atoms in total. The second-order valence-electron chi connectivity index (χ2n) is 7.94. The Morgan fingerprint density at radius 2 is 1.55 bits per heavy atom. The van der Waals surface area contributed by atoms with E-state index in [0.29, 0.717) is 0 Å². The number of rotatable bonds is 5. The maximum Gasteiger partial charge on any atom is 0.227 e. The van der Waals surface area contributed by atoms with Crippen molar-refractivity contribution >= 4 is 11.6 Å². The molecule has 1 saturated heterocycles. The number of hydrogen-bond acceptors (Lipinski definition) is 2. The SMILES string of the molecule is Cc1ccc(CN2CCC(C(=O)Nc3ccccc3-c3ccccc3)CC2)cc1. The van der Waals surface area contributed by atoms with Crippen LogP contribution in [0.25, 0.3) is 11.1 Å². The molecule has 1 aliphatic rings. The molecule has 0 spiro atoms. The van der Waals surface area contributed by atoms with Gasteiger partial charge in [-0.05, 0) is 50.0 Å². The Labute approximate surface area is 173 Å². The van der Waals surface area contributed by atoms with E-state index in [9.17, 15) is 4.79 Å². The predicted octanol–water partition coefficient (Wildman–Crippen LogP) is 5.51. The maximum absolute atomic E-state index is 12.9. The van der Waals surface area contributed by atoms with Crippen LogP contribution in [-0.4, -0.2) is 23.9 Å². The van der Waals surface area contributed by atoms with Gasteiger partial charge in [0.05, 0.1) is 0 Å². The molecule has 1 N–H and O–H groups in total. The predicted molar refractivity (Wildman–Crippen MR) is 120 cm³/mol. The minimum atomic E-state index is 0.0769. The maximum atomic E-state index is 12.9. The molecule has 3 heteroatoms. The number of nitrogens with zero attached hydrogens (tertiary/aromatic N) is 1. The van der Waals surface area contributed by atoms with Gasteiger partial charge in [-0.1, -0.05) is 78.4 Å².